The third-order valence-corrected chi connectivity index (χ3v) is 3.34. The predicted octanol–water partition coefficient (Wildman–Crippen LogP) is 2.26. The fourth-order valence-electron chi connectivity index (χ4n) is 2.33. The van der Waals surface area contributed by atoms with Crippen molar-refractivity contribution in [3.8, 4) is 5.75 Å². The van der Waals surface area contributed by atoms with Crippen molar-refractivity contribution in [1.82, 2.24) is 10.3 Å². The molecule has 8 nitrogen and oxygen atoms in total. The van der Waals surface area contributed by atoms with Crippen molar-refractivity contribution < 1.29 is 24.2 Å². The number of hydrogen-bond donors (Lipinski definition) is 3. The summed E-state index contributed by atoms with van der Waals surface area (Å²) in [5, 5.41) is 12.3. The number of nitrogens with one attached hydrogen (secondary N) is 2. The number of amides is 1. The molecule has 1 aromatic heterocycles. The van der Waals surface area contributed by atoms with Crippen LogP contribution in [-0.4, -0.2) is 34.9 Å². The number of fused-ring (bicyclic) bond motifs is 1. The number of aromatic nitrogens is 1. The first kappa shape index (κ1) is 18.3. The molecule has 0 saturated heterocycles. The van der Waals surface area contributed by atoms with Gasteiger partial charge in [0.05, 0.1) is 24.8 Å². The summed E-state index contributed by atoms with van der Waals surface area (Å²) in [6.45, 7) is 4.82. The molecular formula is C17H20N2O6. The molecule has 3 N–H and O–H groups in total. The van der Waals surface area contributed by atoms with E-state index in [4.69, 9.17) is 9.47 Å². The molecule has 1 heterocycles. The van der Waals surface area contributed by atoms with Crippen molar-refractivity contribution in [1.29, 1.82) is 0 Å². The van der Waals surface area contributed by atoms with Crippen molar-refractivity contribution in [2.45, 2.75) is 32.9 Å². The van der Waals surface area contributed by atoms with Gasteiger partial charge in [-0.1, -0.05) is 0 Å². The Morgan fingerprint density at radius 1 is 1.28 bits per heavy atom. The Morgan fingerprint density at radius 3 is 2.52 bits per heavy atom. The van der Waals surface area contributed by atoms with Gasteiger partial charge in [0.15, 0.2) is 0 Å². The molecule has 0 fully saturated rings. The van der Waals surface area contributed by atoms with Crippen LogP contribution in [0.25, 0.3) is 10.9 Å². The van der Waals surface area contributed by atoms with Crippen LogP contribution in [0.4, 0.5) is 4.79 Å². The van der Waals surface area contributed by atoms with Crippen LogP contribution in [-0.2, 0) is 11.3 Å². The number of benzene rings is 1. The molecule has 0 aliphatic rings. The number of methoxy groups -OCH3 is 1. The molecule has 2 aromatic rings. The van der Waals surface area contributed by atoms with Gasteiger partial charge in [-0.15, -0.1) is 0 Å². The zero-order valence-electron chi connectivity index (χ0n) is 14.4. The first-order valence-corrected chi connectivity index (χ1v) is 7.55. The number of alkyl carbamates (subject to hydrolysis) is 1. The molecule has 1 aromatic carbocycles. The Hall–Kier alpha value is -3.03. The van der Waals surface area contributed by atoms with E-state index in [0.717, 1.165) is 0 Å². The minimum Gasteiger partial charge on any atom is -0.497 e. The Morgan fingerprint density at radius 2 is 1.96 bits per heavy atom. The summed E-state index contributed by atoms with van der Waals surface area (Å²) in [6, 6.07) is 4.70. The quantitative estimate of drug-likeness (QED) is 0.780. The number of ether oxygens (including phenoxy) is 2. The van der Waals surface area contributed by atoms with E-state index in [9.17, 15) is 19.5 Å². The average Bonchev–Trinajstić information content (AvgIpc) is 2.49. The summed E-state index contributed by atoms with van der Waals surface area (Å²) >= 11 is 0. The minimum absolute atomic E-state index is 0.0703. The number of carboxylic acids is 1. The summed E-state index contributed by atoms with van der Waals surface area (Å²) < 4.78 is 10.2. The van der Waals surface area contributed by atoms with E-state index >= 15 is 0 Å². The van der Waals surface area contributed by atoms with Crippen LogP contribution in [0, 0.1) is 0 Å². The average molecular weight is 348 g/mol. The maximum Gasteiger partial charge on any atom is 0.407 e. The second-order valence-corrected chi connectivity index (χ2v) is 6.38. The third-order valence-electron chi connectivity index (χ3n) is 3.34. The Labute approximate surface area is 143 Å². The number of carbonyl (C=O) groups excluding carboxylic acids is 1. The molecule has 134 valence electrons. The number of pyridine rings is 1. The van der Waals surface area contributed by atoms with Gasteiger partial charge in [-0.25, -0.2) is 9.59 Å². The van der Waals surface area contributed by atoms with Crippen LogP contribution in [0.2, 0.25) is 0 Å². The van der Waals surface area contributed by atoms with E-state index in [0.29, 0.717) is 16.7 Å². The largest absolute Gasteiger partial charge is 0.497 e. The van der Waals surface area contributed by atoms with E-state index in [1.807, 2.05) is 0 Å². The third kappa shape index (κ3) is 4.28. The zero-order chi connectivity index (χ0) is 18.8. The van der Waals surface area contributed by atoms with Crippen LogP contribution in [0.1, 0.15) is 36.7 Å². The highest BCUT2D eigenvalue weighted by Crippen LogP contribution is 2.23. The molecule has 0 atom stereocenters. The minimum atomic E-state index is -1.27. The van der Waals surface area contributed by atoms with E-state index in [1.165, 1.54) is 13.2 Å². The molecular weight excluding hydrogens is 328 g/mol. The van der Waals surface area contributed by atoms with Crippen molar-refractivity contribution in [2.75, 3.05) is 7.11 Å². The molecule has 0 spiro atoms. The lowest BCUT2D eigenvalue weighted by molar-refractivity contribution is 0.0520. The van der Waals surface area contributed by atoms with E-state index in [1.54, 1.807) is 32.9 Å². The summed E-state index contributed by atoms with van der Waals surface area (Å²) in [5.74, 6) is -0.821. The van der Waals surface area contributed by atoms with Gasteiger partial charge in [0, 0.05) is 10.9 Å². The summed E-state index contributed by atoms with van der Waals surface area (Å²) in [4.78, 5) is 38.4. The molecule has 0 aliphatic heterocycles. The fraction of sp³-hybridized carbons (Fsp3) is 0.353. The number of aromatic carboxylic acids is 1. The summed E-state index contributed by atoms with van der Waals surface area (Å²) in [7, 11) is 1.46. The summed E-state index contributed by atoms with van der Waals surface area (Å²) in [5.41, 5.74) is -1.19. The van der Waals surface area contributed by atoms with Gasteiger partial charge < -0.3 is 24.9 Å². The SMILES string of the molecule is COc1ccc2[nH]c(=O)c(CNC(=O)OC(C)(C)C)c(C(=O)O)c2c1. The molecule has 0 unspecified atom stereocenters. The highest BCUT2D eigenvalue weighted by molar-refractivity contribution is 6.04. The van der Waals surface area contributed by atoms with E-state index in [-0.39, 0.29) is 17.7 Å². The van der Waals surface area contributed by atoms with Crippen molar-refractivity contribution >= 4 is 23.0 Å². The lowest BCUT2D eigenvalue weighted by Gasteiger charge is -2.20. The molecule has 25 heavy (non-hydrogen) atoms. The number of carboxylic acid groups (broad SMARTS) is 1. The molecule has 2 rings (SSSR count). The van der Waals surface area contributed by atoms with Crippen molar-refractivity contribution in [3.63, 3.8) is 0 Å². The lowest BCUT2D eigenvalue weighted by Crippen LogP contribution is -2.34. The van der Waals surface area contributed by atoms with Gasteiger partial charge in [-0.05, 0) is 39.0 Å². The van der Waals surface area contributed by atoms with Crippen LogP contribution >= 0.6 is 0 Å². The second kappa shape index (κ2) is 6.84. The van der Waals surface area contributed by atoms with Crippen molar-refractivity contribution in [3.05, 3.63) is 39.7 Å². The number of rotatable bonds is 4. The van der Waals surface area contributed by atoms with Crippen LogP contribution < -0.4 is 15.6 Å². The molecule has 0 aliphatic carbocycles. The zero-order valence-corrected chi connectivity index (χ0v) is 14.4. The van der Waals surface area contributed by atoms with Gasteiger partial charge in [-0.2, -0.15) is 0 Å². The van der Waals surface area contributed by atoms with E-state index in [2.05, 4.69) is 10.3 Å². The first-order valence-electron chi connectivity index (χ1n) is 7.55. The molecule has 0 bridgehead atoms. The number of hydrogen-bond acceptors (Lipinski definition) is 5. The van der Waals surface area contributed by atoms with E-state index < -0.39 is 23.2 Å². The maximum atomic E-state index is 12.3. The van der Waals surface area contributed by atoms with Gasteiger partial charge in [-0.3, -0.25) is 4.79 Å². The Kier molecular flexibility index (Phi) is 5.01. The molecule has 0 saturated carbocycles. The normalized spacial score (nSPS) is 11.2. The number of carbonyl (C=O) groups is 2. The van der Waals surface area contributed by atoms with Crippen LogP contribution in [0.15, 0.2) is 23.0 Å². The Balaban J connectivity index is 2.46. The number of H-pyrrole nitrogens is 1. The van der Waals surface area contributed by atoms with Gasteiger partial charge in [0.1, 0.15) is 11.4 Å². The molecule has 1 amide bonds. The van der Waals surface area contributed by atoms with Gasteiger partial charge in [0.2, 0.25) is 0 Å². The smallest absolute Gasteiger partial charge is 0.407 e. The van der Waals surface area contributed by atoms with Crippen molar-refractivity contribution in [2.24, 2.45) is 0 Å². The monoisotopic (exact) mass is 348 g/mol. The maximum absolute atomic E-state index is 12.3. The highest BCUT2D eigenvalue weighted by Gasteiger charge is 2.21. The lowest BCUT2D eigenvalue weighted by atomic mass is 10.0. The predicted molar refractivity (Wildman–Crippen MR) is 91.2 cm³/mol. The number of aromatic amines is 1. The second-order valence-electron chi connectivity index (χ2n) is 6.38. The van der Waals surface area contributed by atoms with Gasteiger partial charge in [0.25, 0.3) is 5.56 Å². The first-order chi connectivity index (χ1) is 11.6. The fourth-order valence-corrected chi connectivity index (χ4v) is 2.33. The topological polar surface area (TPSA) is 118 Å². The highest BCUT2D eigenvalue weighted by atomic mass is 16.6. The molecule has 8 heteroatoms. The molecule has 0 radical (unpaired) electrons. The standard InChI is InChI=1S/C17H20N2O6/c1-17(2,3)25-16(23)18-8-11-13(15(21)22)10-7-9(24-4)5-6-12(10)19-14(11)20/h5-7H,8H2,1-4H3,(H,18,23)(H,19,20)(H,21,22). The van der Waals surface area contributed by atoms with Gasteiger partial charge >= 0.3 is 12.1 Å². The Bertz CT molecular complexity index is 879. The van der Waals surface area contributed by atoms with Crippen LogP contribution in [0.3, 0.4) is 0 Å². The summed E-state index contributed by atoms with van der Waals surface area (Å²) in [6.07, 6.45) is -0.742. The van der Waals surface area contributed by atoms with Crippen LogP contribution in [0.5, 0.6) is 5.75 Å².